The van der Waals surface area contributed by atoms with E-state index in [4.69, 9.17) is 0 Å². The van der Waals surface area contributed by atoms with Gasteiger partial charge in [-0.25, -0.2) is 13.4 Å². The third-order valence-corrected chi connectivity index (χ3v) is 7.93. The van der Waals surface area contributed by atoms with Crippen LogP contribution in [0, 0.1) is 6.92 Å². The van der Waals surface area contributed by atoms with Crippen LogP contribution in [0.1, 0.15) is 17.7 Å². The van der Waals surface area contributed by atoms with E-state index in [0.29, 0.717) is 52.1 Å². The van der Waals surface area contributed by atoms with E-state index in [1.54, 1.807) is 16.2 Å². The maximum atomic E-state index is 13.1. The molecule has 2 aliphatic heterocycles. The van der Waals surface area contributed by atoms with E-state index in [-0.39, 0.29) is 5.91 Å². The number of sulfone groups is 1. The number of nitrogens with one attached hydrogen (secondary N) is 1. The first-order valence-electron chi connectivity index (χ1n) is 8.20. The van der Waals surface area contributed by atoms with Gasteiger partial charge in [0.1, 0.15) is 0 Å². The fraction of sp³-hybridized carbons (Fsp3) is 0.733. The SMILES string of the molecule is Cc1cnc(N2CCN(C(=O)C3(S(C)(=O)=O)CCNCC3)CC2)s1. The average molecular weight is 373 g/mol. The highest BCUT2D eigenvalue weighted by molar-refractivity contribution is 7.92. The van der Waals surface area contributed by atoms with Crippen molar-refractivity contribution in [3.05, 3.63) is 11.1 Å². The molecule has 0 spiro atoms. The third kappa shape index (κ3) is 3.16. The molecule has 3 heterocycles. The van der Waals surface area contributed by atoms with Crippen LogP contribution in [0.15, 0.2) is 6.20 Å². The molecule has 1 aromatic rings. The van der Waals surface area contributed by atoms with Crippen molar-refractivity contribution in [1.82, 2.24) is 15.2 Å². The van der Waals surface area contributed by atoms with E-state index in [1.165, 1.54) is 6.26 Å². The number of carbonyl (C=O) groups excluding carboxylic acids is 1. The number of nitrogens with zero attached hydrogens (tertiary/aromatic N) is 3. The van der Waals surface area contributed by atoms with Crippen LogP contribution in [-0.4, -0.2) is 74.5 Å². The van der Waals surface area contributed by atoms with Gasteiger partial charge in [-0.2, -0.15) is 0 Å². The number of hydrogen-bond donors (Lipinski definition) is 1. The Kier molecular flexibility index (Phi) is 4.85. The minimum atomic E-state index is -3.45. The molecule has 2 saturated heterocycles. The monoisotopic (exact) mass is 372 g/mol. The number of amides is 1. The molecule has 0 aliphatic carbocycles. The maximum absolute atomic E-state index is 13.1. The van der Waals surface area contributed by atoms with Crippen molar-refractivity contribution in [2.45, 2.75) is 24.5 Å². The number of carbonyl (C=O) groups is 1. The third-order valence-electron chi connectivity index (χ3n) is 4.96. The van der Waals surface area contributed by atoms with Gasteiger partial charge in [0.25, 0.3) is 0 Å². The van der Waals surface area contributed by atoms with Gasteiger partial charge >= 0.3 is 0 Å². The maximum Gasteiger partial charge on any atom is 0.244 e. The molecule has 0 aromatic carbocycles. The predicted octanol–water partition coefficient (Wildman–Crippen LogP) is 0.267. The zero-order valence-corrected chi connectivity index (χ0v) is 15.8. The van der Waals surface area contributed by atoms with Crippen LogP contribution < -0.4 is 10.2 Å². The lowest BCUT2D eigenvalue weighted by atomic mass is 9.95. The van der Waals surface area contributed by atoms with Crippen molar-refractivity contribution in [2.75, 3.05) is 50.4 Å². The number of piperidine rings is 1. The molecule has 134 valence electrons. The lowest BCUT2D eigenvalue weighted by Gasteiger charge is -2.41. The van der Waals surface area contributed by atoms with Crippen LogP contribution in [0.5, 0.6) is 0 Å². The summed E-state index contributed by atoms with van der Waals surface area (Å²) in [7, 11) is -3.45. The first-order chi connectivity index (χ1) is 11.3. The van der Waals surface area contributed by atoms with Crippen LogP contribution in [0.25, 0.3) is 0 Å². The molecule has 2 fully saturated rings. The Labute approximate surface area is 147 Å². The standard InChI is InChI=1S/C15H24N4O3S2/c1-12-11-17-14(23-12)19-9-7-18(8-10-19)13(20)15(24(2,21)22)3-5-16-6-4-15/h11,16H,3-10H2,1-2H3. The topological polar surface area (TPSA) is 82.6 Å². The Bertz CT molecular complexity index is 702. The summed E-state index contributed by atoms with van der Waals surface area (Å²) in [4.78, 5) is 22.5. The van der Waals surface area contributed by atoms with Crippen molar-refractivity contribution in [1.29, 1.82) is 0 Å². The molecule has 0 unspecified atom stereocenters. The van der Waals surface area contributed by atoms with Gasteiger partial charge in [0.2, 0.25) is 5.91 Å². The molecule has 0 saturated carbocycles. The largest absolute Gasteiger partial charge is 0.345 e. The molecule has 24 heavy (non-hydrogen) atoms. The first kappa shape index (κ1) is 17.6. The van der Waals surface area contributed by atoms with Gasteiger partial charge in [0, 0.05) is 43.5 Å². The minimum absolute atomic E-state index is 0.221. The summed E-state index contributed by atoms with van der Waals surface area (Å²) in [6.07, 6.45) is 3.77. The van der Waals surface area contributed by atoms with Gasteiger partial charge in [-0.05, 0) is 32.9 Å². The highest BCUT2D eigenvalue weighted by atomic mass is 32.2. The number of aromatic nitrogens is 1. The van der Waals surface area contributed by atoms with Crippen molar-refractivity contribution >= 4 is 32.2 Å². The van der Waals surface area contributed by atoms with Crippen LogP contribution >= 0.6 is 11.3 Å². The van der Waals surface area contributed by atoms with Crippen LogP contribution in [0.4, 0.5) is 5.13 Å². The second-order valence-corrected chi connectivity index (χ2v) is 10.1. The summed E-state index contributed by atoms with van der Waals surface area (Å²) >= 11 is 1.64. The van der Waals surface area contributed by atoms with Crippen molar-refractivity contribution in [2.24, 2.45) is 0 Å². The molecular formula is C15H24N4O3S2. The number of aryl methyl sites for hydroxylation is 1. The number of rotatable bonds is 3. The van der Waals surface area contributed by atoms with E-state index < -0.39 is 14.6 Å². The molecule has 2 aliphatic rings. The van der Waals surface area contributed by atoms with Gasteiger partial charge < -0.3 is 15.1 Å². The number of thiazole rings is 1. The highest BCUT2D eigenvalue weighted by Gasteiger charge is 2.50. The lowest BCUT2D eigenvalue weighted by Crippen LogP contribution is -2.61. The Hall–Kier alpha value is -1.19. The normalized spacial score (nSPS) is 21.8. The van der Waals surface area contributed by atoms with Gasteiger partial charge in [0.15, 0.2) is 19.7 Å². The zero-order valence-electron chi connectivity index (χ0n) is 14.1. The van der Waals surface area contributed by atoms with E-state index >= 15 is 0 Å². The number of hydrogen-bond acceptors (Lipinski definition) is 7. The molecule has 0 bridgehead atoms. The first-order valence-corrected chi connectivity index (χ1v) is 10.9. The van der Waals surface area contributed by atoms with E-state index in [2.05, 4.69) is 15.2 Å². The number of piperazine rings is 1. The van der Waals surface area contributed by atoms with Crippen LogP contribution in [0.2, 0.25) is 0 Å². The fourth-order valence-electron chi connectivity index (χ4n) is 3.45. The molecule has 1 amide bonds. The summed E-state index contributed by atoms with van der Waals surface area (Å²) in [6.45, 7) is 5.63. The van der Waals surface area contributed by atoms with Crippen molar-refractivity contribution in [3.63, 3.8) is 0 Å². The van der Waals surface area contributed by atoms with Crippen LogP contribution in [-0.2, 0) is 14.6 Å². The second kappa shape index (κ2) is 6.61. The van der Waals surface area contributed by atoms with E-state index in [9.17, 15) is 13.2 Å². The Morgan fingerprint density at radius 2 is 1.88 bits per heavy atom. The van der Waals surface area contributed by atoms with Crippen LogP contribution in [0.3, 0.4) is 0 Å². The molecule has 3 rings (SSSR count). The summed E-state index contributed by atoms with van der Waals surface area (Å²) in [5, 5.41) is 4.12. The van der Waals surface area contributed by atoms with Crippen molar-refractivity contribution < 1.29 is 13.2 Å². The van der Waals surface area contributed by atoms with E-state index in [0.717, 1.165) is 10.0 Å². The number of anilines is 1. The average Bonchev–Trinajstić information content (AvgIpc) is 3.00. The van der Waals surface area contributed by atoms with E-state index in [1.807, 2.05) is 13.1 Å². The lowest BCUT2D eigenvalue weighted by molar-refractivity contribution is -0.135. The Balaban J connectivity index is 1.72. The second-order valence-electron chi connectivity index (χ2n) is 6.55. The van der Waals surface area contributed by atoms with Gasteiger partial charge in [-0.15, -0.1) is 11.3 Å². The molecule has 0 radical (unpaired) electrons. The molecular weight excluding hydrogens is 348 g/mol. The highest BCUT2D eigenvalue weighted by Crippen LogP contribution is 2.31. The summed E-state index contributed by atoms with van der Waals surface area (Å²) < 4.78 is 23.5. The van der Waals surface area contributed by atoms with Crippen molar-refractivity contribution in [3.8, 4) is 0 Å². The molecule has 1 N–H and O–H groups in total. The summed E-state index contributed by atoms with van der Waals surface area (Å²) in [5.41, 5.74) is 0. The summed E-state index contributed by atoms with van der Waals surface area (Å²) in [6, 6.07) is 0. The van der Waals surface area contributed by atoms with Gasteiger partial charge in [-0.3, -0.25) is 4.79 Å². The fourth-order valence-corrected chi connectivity index (χ4v) is 5.65. The zero-order chi connectivity index (χ0) is 17.4. The van der Waals surface area contributed by atoms with Gasteiger partial charge in [0.05, 0.1) is 0 Å². The quantitative estimate of drug-likeness (QED) is 0.820. The summed E-state index contributed by atoms with van der Waals surface area (Å²) in [5.74, 6) is -0.221. The molecule has 1 aromatic heterocycles. The molecule has 9 heteroatoms. The predicted molar refractivity (Wildman–Crippen MR) is 95.3 cm³/mol. The smallest absolute Gasteiger partial charge is 0.244 e. The Morgan fingerprint density at radius 1 is 1.25 bits per heavy atom. The molecule has 7 nitrogen and oxygen atoms in total. The molecule has 0 atom stereocenters. The van der Waals surface area contributed by atoms with Gasteiger partial charge in [-0.1, -0.05) is 0 Å². The Morgan fingerprint density at radius 3 is 2.38 bits per heavy atom. The minimum Gasteiger partial charge on any atom is -0.345 e.